The van der Waals surface area contributed by atoms with Crippen LogP contribution in [0.3, 0.4) is 0 Å². The first-order valence-corrected chi connectivity index (χ1v) is 11.3. The minimum Gasteiger partial charge on any atom is -0.474 e. The van der Waals surface area contributed by atoms with E-state index < -0.39 is 0 Å². The molecule has 7 heteroatoms. The van der Waals surface area contributed by atoms with E-state index in [0.29, 0.717) is 31.3 Å². The van der Waals surface area contributed by atoms with Gasteiger partial charge in [0.25, 0.3) is 0 Å². The number of nitrogens with one attached hydrogen (secondary N) is 2. The fourth-order valence-electron chi connectivity index (χ4n) is 4.27. The maximum Gasteiger partial charge on any atom is 0.237 e. The molecule has 0 aliphatic carbocycles. The normalized spacial score (nSPS) is 17.8. The molecule has 2 aliphatic rings. The minimum absolute atomic E-state index is 0.153. The summed E-state index contributed by atoms with van der Waals surface area (Å²) in [5, 5.41) is 6.69. The van der Waals surface area contributed by atoms with Crippen LogP contribution in [0.1, 0.15) is 31.4 Å². The fourth-order valence-corrected chi connectivity index (χ4v) is 4.27. The number of benzene rings is 1. The third-order valence-electron chi connectivity index (χ3n) is 5.94. The minimum atomic E-state index is 0.153. The van der Waals surface area contributed by atoms with Crippen LogP contribution in [0, 0.1) is 6.92 Å². The van der Waals surface area contributed by atoms with Crippen LogP contribution in [-0.2, 0) is 11.2 Å². The number of rotatable bonds is 6. The quantitative estimate of drug-likeness (QED) is 0.681. The highest BCUT2D eigenvalue weighted by Gasteiger charge is 2.24. The third kappa shape index (κ3) is 5.25. The lowest BCUT2D eigenvalue weighted by Gasteiger charge is -2.33. The molecule has 7 nitrogen and oxygen atoms in total. The molecule has 0 atom stereocenters. The van der Waals surface area contributed by atoms with Gasteiger partial charge in [0.2, 0.25) is 5.88 Å². The van der Waals surface area contributed by atoms with Crippen molar-refractivity contribution in [2.45, 2.75) is 33.6 Å². The van der Waals surface area contributed by atoms with Gasteiger partial charge in [-0.05, 0) is 50.5 Å². The van der Waals surface area contributed by atoms with Crippen molar-refractivity contribution in [1.29, 1.82) is 0 Å². The SMILES string of the molecule is C=C(/N=C1/CN(c2cnc3c(c2C)NCCO3)CC/C1=C/C)Nc1ccc(CC(C)=O)cc1. The zero-order chi connectivity index (χ0) is 23.4. The number of anilines is 3. The van der Waals surface area contributed by atoms with E-state index in [2.05, 4.69) is 47.0 Å². The molecule has 2 aromatic rings. The zero-order valence-electron chi connectivity index (χ0n) is 19.6. The van der Waals surface area contributed by atoms with E-state index in [1.807, 2.05) is 30.5 Å². The summed E-state index contributed by atoms with van der Waals surface area (Å²) in [5.41, 5.74) is 7.34. The van der Waals surface area contributed by atoms with Gasteiger partial charge in [0.15, 0.2) is 0 Å². The Bertz CT molecular complexity index is 1120. The van der Waals surface area contributed by atoms with E-state index in [-0.39, 0.29) is 5.78 Å². The van der Waals surface area contributed by atoms with E-state index >= 15 is 0 Å². The molecule has 172 valence electrons. The van der Waals surface area contributed by atoms with E-state index in [1.54, 1.807) is 6.92 Å². The average molecular weight is 446 g/mol. The Balaban J connectivity index is 1.50. The summed E-state index contributed by atoms with van der Waals surface area (Å²) in [6, 6.07) is 7.80. The van der Waals surface area contributed by atoms with Crippen molar-refractivity contribution < 1.29 is 9.53 Å². The summed E-state index contributed by atoms with van der Waals surface area (Å²) in [6.07, 6.45) is 5.38. The molecule has 0 spiro atoms. The Morgan fingerprint density at radius 3 is 2.88 bits per heavy atom. The van der Waals surface area contributed by atoms with Gasteiger partial charge in [-0.3, -0.25) is 4.79 Å². The number of piperidine rings is 1. The molecule has 1 fully saturated rings. The van der Waals surface area contributed by atoms with Crippen LogP contribution in [0.4, 0.5) is 17.1 Å². The van der Waals surface area contributed by atoms with Crippen molar-refractivity contribution >= 4 is 28.6 Å². The van der Waals surface area contributed by atoms with Crippen LogP contribution in [0.5, 0.6) is 5.88 Å². The second kappa shape index (κ2) is 9.90. The molecular formula is C26H31N5O2. The lowest BCUT2D eigenvalue weighted by Crippen LogP contribution is -2.38. The van der Waals surface area contributed by atoms with E-state index in [1.165, 1.54) is 5.57 Å². The van der Waals surface area contributed by atoms with Gasteiger partial charge in [0, 0.05) is 30.8 Å². The highest BCUT2D eigenvalue weighted by molar-refractivity contribution is 6.05. The van der Waals surface area contributed by atoms with Crippen LogP contribution >= 0.6 is 0 Å². The molecule has 33 heavy (non-hydrogen) atoms. The average Bonchev–Trinajstić information content (AvgIpc) is 2.80. The summed E-state index contributed by atoms with van der Waals surface area (Å²) < 4.78 is 5.68. The van der Waals surface area contributed by atoms with Crippen LogP contribution in [0.25, 0.3) is 0 Å². The maximum atomic E-state index is 11.3. The maximum absolute atomic E-state index is 11.3. The highest BCUT2D eigenvalue weighted by Crippen LogP contribution is 2.35. The van der Waals surface area contributed by atoms with Gasteiger partial charge in [0.1, 0.15) is 23.9 Å². The lowest BCUT2D eigenvalue weighted by molar-refractivity contribution is -0.116. The molecule has 0 saturated carbocycles. The number of fused-ring (bicyclic) bond motifs is 1. The number of allylic oxidation sites excluding steroid dienone is 1. The molecule has 0 amide bonds. The zero-order valence-corrected chi connectivity index (χ0v) is 19.6. The highest BCUT2D eigenvalue weighted by atomic mass is 16.5. The van der Waals surface area contributed by atoms with Gasteiger partial charge in [-0.15, -0.1) is 0 Å². The number of hydrogen-bond donors (Lipinski definition) is 2. The van der Waals surface area contributed by atoms with Gasteiger partial charge in [-0.1, -0.05) is 24.8 Å². The van der Waals surface area contributed by atoms with Crippen LogP contribution in [-0.4, -0.2) is 42.7 Å². The van der Waals surface area contributed by atoms with E-state index in [4.69, 9.17) is 9.73 Å². The molecule has 0 unspecified atom stereocenters. The summed E-state index contributed by atoms with van der Waals surface area (Å²) >= 11 is 0. The van der Waals surface area contributed by atoms with Gasteiger partial charge < -0.3 is 20.3 Å². The van der Waals surface area contributed by atoms with Crippen molar-refractivity contribution in [3.8, 4) is 5.88 Å². The summed E-state index contributed by atoms with van der Waals surface area (Å²) in [5.74, 6) is 1.41. The Hall–Kier alpha value is -3.61. The first-order valence-electron chi connectivity index (χ1n) is 11.3. The van der Waals surface area contributed by atoms with Gasteiger partial charge in [0.05, 0.1) is 24.1 Å². The molecule has 0 radical (unpaired) electrons. The Morgan fingerprint density at radius 1 is 1.36 bits per heavy atom. The number of Topliss-reactive ketones (excluding diaryl/α,β-unsaturated/α-hetero) is 1. The number of aromatic nitrogens is 1. The number of hydrogen-bond acceptors (Lipinski definition) is 7. The third-order valence-corrected chi connectivity index (χ3v) is 5.94. The fraction of sp³-hybridized carbons (Fsp3) is 0.346. The molecule has 2 N–H and O–H groups in total. The Kier molecular flexibility index (Phi) is 6.77. The lowest BCUT2D eigenvalue weighted by atomic mass is 10.00. The number of ketones is 1. The number of pyridine rings is 1. The number of carbonyl (C=O) groups is 1. The molecule has 1 saturated heterocycles. The van der Waals surface area contributed by atoms with Crippen molar-refractivity contribution in [1.82, 2.24) is 4.98 Å². The predicted octanol–water partition coefficient (Wildman–Crippen LogP) is 4.51. The van der Waals surface area contributed by atoms with Crippen molar-refractivity contribution in [2.24, 2.45) is 4.99 Å². The summed E-state index contributed by atoms with van der Waals surface area (Å²) in [7, 11) is 0. The van der Waals surface area contributed by atoms with Gasteiger partial charge in [-0.2, -0.15) is 0 Å². The van der Waals surface area contributed by atoms with E-state index in [0.717, 1.165) is 53.4 Å². The number of aliphatic imine (C=N–C) groups is 1. The number of ether oxygens (including phenoxy) is 1. The van der Waals surface area contributed by atoms with Crippen molar-refractivity contribution in [2.75, 3.05) is 41.8 Å². The van der Waals surface area contributed by atoms with Crippen LogP contribution in [0.2, 0.25) is 0 Å². The molecule has 0 bridgehead atoms. The molecule has 1 aromatic heterocycles. The molecule has 3 heterocycles. The van der Waals surface area contributed by atoms with Crippen molar-refractivity contribution in [3.63, 3.8) is 0 Å². The second-order valence-electron chi connectivity index (χ2n) is 8.42. The first kappa shape index (κ1) is 22.6. The largest absolute Gasteiger partial charge is 0.474 e. The number of carbonyl (C=O) groups excluding carboxylic acids is 1. The Labute approximate surface area is 195 Å². The molecular weight excluding hydrogens is 414 g/mol. The second-order valence-corrected chi connectivity index (χ2v) is 8.42. The smallest absolute Gasteiger partial charge is 0.237 e. The van der Waals surface area contributed by atoms with Crippen LogP contribution in [0.15, 0.2) is 59.5 Å². The monoisotopic (exact) mass is 445 g/mol. The van der Waals surface area contributed by atoms with Crippen LogP contribution < -0.4 is 20.3 Å². The molecule has 4 rings (SSSR count). The van der Waals surface area contributed by atoms with Crippen molar-refractivity contribution in [3.05, 3.63) is 65.6 Å². The number of nitrogens with zero attached hydrogens (tertiary/aromatic N) is 3. The van der Waals surface area contributed by atoms with E-state index in [9.17, 15) is 4.79 Å². The Morgan fingerprint density at radius 2 is 2.15 bits per heavy atom. The summed E-state index contributed by atoms with van der Waals surface area (Å²) in [6.45, 7) is 12.9. The predicted molar refractivity (Wildman–Crippen MR) is 135 cm³/mol. The molecule has 1 aromatic carbocycles. The van der Waals surface area contributed by atoms with Gasteiger partial charge in [-0.25, -0.2) is 9.98 Å². The first-order chi connectivity index (χ1) is 15.9. The standard InChI is InChI=1S/C26H31N5O2/c1-5-21-10-12-31(24-15-28-26-25(18(24)3)27-11-13-33-26)16-23(21)30-19(4)29-22-8-6-20(7-9-22)14-17(2)32/h5-9,15,27,29H,4,10-14,16H2,1-3H3/b21-5-,30-23-. The topological polar surface area (TPSA) is 78.8 Å². The van der Waals surface area contributed by atoms with Gasteiger partial charge >= 0.3 is 0 Å². The summed E-state index contributed by atoms with van der Waals surface area (Å²) in [4.78, 5) is 23.0. The molecule has 2 aliphatic heterocycles.